The highest BCUT2D eigenvalue weighted by Crippen LogP contribution is 2.25. The summed E-state index contributed by atoms with van der Waals surface area (Å²) in [7, 11) is 0. The van der Waals surface area contributed by atoms with E-state index in [-0.39, 0.29) is 28.7 Å². The number of rotatable bonds is 7. The van der Waals surface area contributed by atoms with Gasteiger partial charge in [-0.1, -0.05) is 29.3 Å². The van der Waals surface area contributed by atoms with E-state index in [1.54, 1.807) is 25.1 Å². The topological polar surface area (TPSA) is 70.7 Å². The average molecular weight is 416 g/mol. The van der Waals surface area contributed by atoms with Gasteiger partial charge in [0.05, 0.1) is 27.8 Å². The second-order valence-corrected chi connectivity index (χ2v) is 7.74. The maximum Gasteiger partial charge on any atom is 0.253 e. The Morgan fingerprint density at radius 3 is 2.59 bits per heavy atom. The molecule has 1 saturated heterocycles. The lowest BCUT2D eigenvalue weighted by Crippen LogP contribution is -2.47. The highest BCUT2D eigenvalue weighted by molar-refractivity contribution is 6.43. The third-order valence-electron chi connectivity index (χ3n) is 4.38. The van der Waals surface area contributed by atoms with Crippen LogP contribution < -0.4 is 10.6 Å². The molecule has 150 valence electrons. The molecule has 2 rings (SSSR count). The Hall–Kier alpha value is -1.34. The zero-order chi connectivity index (χ0) is 20.0. The Morgan fingerprint density at radius 1 is 1.26 bits per heavy atom. The van der Waals surface area contributed by atoms with E-state index in [0.717, 1.165) is 26.1 Å². The number of hydrogen-bond acceptors (Lipinski definition) is 4. The van der Waals surface area contributed by atoms with Gasteiger partial charge in [-0.15, -0.1) is 0 Å². The molecule has 8 heteroatoms. The second-order valence-electron chi connectivity index (χ2n) is 6.96. The van der Waals surface area contributed by atoms with E-state index < -0.39 is 11.9 Å². The molecule has 1 aromatic carbocycles. The first-order valence-corrected chi connectivity index (χ1v) is 9.94. The summed E-state index contributed by atoms with van der Waals surface area (Å²) < 4.78 is 5.71. The minimum atomic E-state index is -0.670. The van der Waals surface area contributed by atoms with Crippen LogP contribution in [0.2, 0.25) is 10.0 Å². The Balaban J connectivity index is 1.72. The molecule has 27 heavy (non-hydrogen) atoms. The number of morpholine rings is 1. The molecule has 0 aromatic heterocycles. The summed E-state index contributed by atoms with van der Waals surface area (Å²) in [4.78, 5) is 26.8. The first kappa shape index (κ1) is 22.0. The lowest BCUT2D eigenvalue weighted by molar-refractivity contribution is -0.122. The van der Waals surface area contributed by atoms with Crippen molar-refractivity contribution in [1.82, 2.24) is 15.5 Å². The zero-order valence-corrected chi connectivity index (χ0v) is 17.4. The third-order valence-corrected chi connectivity index (χ3v) is 5.20. The van der Waals surface area contributed by atoms with Crippen LogP contribution in [0.1, 0.15) is 37.6 Å². The summed E-state index contributed by atoms with van der Waals surface area (Å²) in [5.41, 5.74) is 0.249. The van der Waals surface area contributed by atoms with Crippen molar-refractivity contribution in [3.8, 4) is 0 Å². The highest BCUT2D eigenvalue weighted by atomic mass is 35.5. The number of hydrogen-bond donors (Lipinski definition) is 2. The molecule has 0 bridgehead atoms. The summed E-state index contributed by atoms with van der Waals surface area (Å²) in [6.07, 6.45) is 1.31. The number of amides is 2. The number of benzene rings is 1. The van der Waals surface area contributed by atoms with Crippen LogP contribution in [0.5, 0.6) is 0 Å². The lowest BCUT2D eigenvalue weighted by atomic mass is 10.2. The predicted molar refractivity (Wildman–Crippen MR) is 107 cm³/mol. The van der Waals surface area contributed by atoms with E-state index in [1.165, 1.54) is 0 Å². The normalized spacial score (nSPS) is 21.5. The van der Waals surface area contributed by atoms with E-state index in [9.17, 15) is 9.59 Å². The molecular weight excluding hydrogens is 389 g/mol. The molecule has 6 nitrogen and oxygen atoms in total. The van der Waals surface area contributed by atoms with E-state index in [1.807, 2.05) is 0 Å². The molecule has 1 aliphatic rings. The van der Waals surface area contributed by atoms with Crippen LogP contribution in [-0.4, -0.2) is 61.1 Å². The van der Waals surface area contributed by atoms with Crippen molar-refractivity contribution in [2.75, 3.05) is 26.2 Å². The van der Waals surface area contributed by atoms with Crippen molar-refractivity contribution in [1.29, 1.82) is 0 Å². The van der Waals surface area contributed by atoms with Crippen molar-refractivity contribution < 1.29 is 14.3 Å². The quantitative estimate of drug-likeness (QED) is 0.671. The monoisotopic (exact) mass is 415 g/mol. The number of carbonyl (C=O) groups is 2. The number of nitrogens with zero attached hydrogens (tertiary/aromatic N) is 1. The van der Waals surface area contributed by atoms with Gasteiger partial charge in [0.2, 0.25) is 5.91 Å². The van der Waals surface area contributed by atoms with E-state index >= 15 is 0 Å². The number of halogens is 2. The third kappa shape index (κ3) is 6.64. The number of carbonyl (C=O) groups excluding carboxylic acids is 2. The second kappa shape index (κ2) is 10.3. The van der Waals surface area contributed by atoms with Crippen LogP contribution in [0.25, 0.3) is 0 Å². The fourth-order valence-electron chi connectivity index (χ4n) is 3.15. The molecule has 1 heterocycles. The molecule has 3 unspecified atom stereocenters. The lowest BCUT2D eigenvalue weighted by Gasteiger charge is -2.35. The van der Waals surface area contributed by atoms with Gasteiger partial charge in [0, 0.05) is 26.2 Å². The summed E-state index contributed by atoms with van der Waals surface area (Å²) in [5, 5.41) is 5.98. The number of ether oxygens (including phenoxy) is 1. The van der Waals surface area contributed by atoms with E-state index in [4.69, 9.17) is 27.9 Å². The van der Waals surface area contributed by atoms with Crippen LogP contribution in [0.3, 0.4) is 0 Å². The van der Waals surface area contributed by atoms with Crippen LogP contribution >= 0.6 is 23.2 Å². The van der Waals surface area contributed by atoms with Gasteiger partial charge in [-0.2, -0.15) is 0 Å². The number of nitrogens with one attached hydrogen (secondary N) is 2. The standard InChI is InChI=1S/C19H27Cl2N3O3/c1-12-10-24(11-13(2)27-12)9-5-8-22-18(25)14(3)23-19(26)15-6-4-7-16(20)17(15)21/h4,6-7,12-14H,5,8-11H2,1-3H3,(H,22,25)(H,23,26). The van der Waals surface area contributed by atoms with Crippen molar-refractivity contribution in [3.05, 3.63) is 33.8 Å². The minimum Gasteiger partial charge on any atom is -0.373 e. The van der Waals surface area contributed by atoms with Gasteiger partial charge >= 0.3 is 0 Å². The van der Waals surface area contributed by atoms with Gasteiger partial charge in [-0.3, -0.25) is 14.5 Å². The molecule has 0 radical (unpaired) electrons. The summed E-state index contributed by atoms with van der Waals surface area (Å²) in [6, 6.07) is 4.14. The molecule has 3 atom stereocenters. The van der Waals surface area contributed by atoms with Crippen LogP contribution in [0.15, 0.2) is 18.2 Å². The van der Waals surface area contributed by atoms with Crippen molar-refractivity contribution in [3.63, 3.8) is 0 Å². The molecule has 1 fully saturated rings. The first-order valence-electron chi connectivity index (χ1n) is 9.18. The van der Waals surface area contributed by atoms with Gasteiger partial charge in [0.1, 0.15) is 6.04 Å². The van der Waals surface area contributed by atoms with Crippen LogP contribution in [-0.2, 0) is 9.53 Å². The van der Waals surface area contributed by atoms with Gasteiger partial charge in [-0.05, 0) is 39.3 Å². The van der Waals surface area contributed by atoms with Gasteiger partial charge < -0.3 is 15.4 Å². The van der Waals surface area contributed by atoms with Crippen molar-refractivity contribution in [2.24, 2.45) is 0 Å². The summed E-state index contributed by atoms with van der Waals surface area (Å²) in [5.74, 6) is -0.661. The van der Waals surface area contributed by atoms with Gasteiger partial charge in [0.15, 0.2) is 0 Å². The van der Waals surface area contributed by atoms with Gasteiger partial charge in [-0.25, -0.2) is 0 Å². The highest BCUT2D eigenvalue weighted by Gasteiger charge is 2.22. The molecule has 0 saturated carbocycles. The van der Waals surface area contributed by atoms with Crippen molar-refractivity contribution >= 4 is 35.0 Å². The Kier molecular flexibility index (Phi) is 8.35. The molecule has 0 spiro atoms. The molecular formula is C19H27Cl2N3O3. The van der Waals surface area contributed by atoms with Crippen molar-refractivity contribution in [2.45, 2.75) is 45.4 Å². The SMILES string of the molecule is CC1CN(CCCNC(=O)C(C)NC(=O)c2cccc(Cl)c2Cl)CC(C)O1. The van der Waals surface area contributed by atoms with E-state index in [0.29, 0.717) is 11.6 Å². The molecule has 2 amide bonds. The maximum absolute atomic E-state index is 12.3. The van der Waals surface area contributed by atoms with Crippen LogP contribution in [0.4, 0.5) is 0 Å². The Morgan fingerprint density at radius 2 is 1.93 bits per heavy atom. The molecule has 2 N–H and O–H groups in total. The largest absolute Gasteiger partial charge is 0.373 e. The molecule has 1 aliphatic heterocycles. The minimum absolute atomic E-state index is 0.179. The predicted octanol–water partition coefficient (Wildman–Crippen LogP) is 2.73. The molecule has 0 aliphatic carbocycles. The fourth-order valence-corrected chi connectivity index (χ4v) is 3.54. The van der Waals surface area contributed by atoms with E-state index in [2.05, 4.69) is 29.4 Å². The Labute approximate surface area is 170 Å². The average Bonchev–Trinajstić information content (AvgIpc) is 2.59. The molecule has 1 aromatic rings. The van der Waals surface area contributed by atoms with Gasteiger partial charge in [0.25, 0.3) is 5.91 Å². The van der Waals surface area contributed by atoms with Crippen LogP contribution in [0, 0.1) is 0 Å². The Bertz CT molecular complexity index is 662. The zero-order valence-electron chi connectivity index (χ0n) is 15.9. The summed E-state index contributed by atoms with van der Waals surface area (Å²) >= 11 is 12.0. The summed E-state index contributed by atoms with van der Waals surface area (Å²) in [6.45, 7) is 9.05. The maximum atomic E-state index is 12.3. The smallest absolute Gasteiger partial charge is 0.253 e. The fraction of sp³-hybridized carbons (Fsp3) is 0.579. The first-order chi connectivity index (χ1) is 12.8.